The molecule has 1 aliphatic heterocycles. The van der Waals surface area contributed by atoms with Crippen molar-refractivity contribution in [2.45, 2.75) is 40.3 Å². The molecular formula is C35H33BrN2O7S. The summed E-state index contributed by atoms with van der Waals surface area (Å²) in [6.07, 6.45) is 1.74. The third-order valence-electron chi connectivity index (χ3n) is 7.31. The molecule has 4 aromatic rings. The van der Waals surface area contributed by atoms with Crippen molar-refractivity contribution >= 4 is 45.3 Å². The molecule has 0 saturated heterocycles. The van der Waals surface area contributed by atoms with Crippen LogP contribution >= 0.6 is 27.3 Å². The summed E-state index contributed by atoms with van der Waals surface area (Å²) in [6, 6.07) is 17.6. The minimum Gasteiger partial charge on any atom is -0.493 e. The lowest BCUT2D eigenvalue weighted by molar-refractivity contribution is -0.139. The van der Waals surface area contributed by atoms with Gasteiger partial charge in [-0.15, -0.1) is 0 Å². The van der Waals surface area contributed by atoms with E-state index in [4.69, 9.17) is 18.9 Å². The Kier molecular flexibility index (Phi) is 10.2. The number of carbonyl (C=O) groups is 2. The highest BCUT2D eigenvalue weighted by molar-refractivity contribution is 9.10. The Balaban J connectivity index is 1.58. The molecule has 1 aromatic heterocycles. The largest absolute Gasteiger partial charge is 0.493 e. The van der Waals surface area contributed by atoms with E-state index in [-0.39, 0.29) is 24.7 Å². The maximum Gasteiger partial charge on any atom is 0.338 e. The molecule has 0 amide bonds. The Morgan fingerprint density at radius 2 is 1.65 bits per heavy atom. The lowest BCUT2D eigenvalue weighted by Gasteiger charge is -2.24. The molecule has 0 fully saturated rings. The van der Waals surface area contributed by atoms with Gasteiger partial charge in [0.05, 0.1) is 47.7 Å². The summed E-state index contributed by atoms with van der Waals surface area (Å²) in [4.78, 5) is 44.5. The first-order valence-corrected chi connectivity index (χ1v) is 16.3. The van der Waals surface area contributed by atoms with Gasteiger partial charge in [0, 0.05) is 10.0 Å². The summed E-state index contributed by atoms with van der Waals surface area (Å²) >= 11 is 4.77. The predicted molar refractivity (Wildman–Crippen MR) is 179 cm³/mol. The van der Waals surface area contributed by atoms with Gasteiger partial charge in [-0.2, -0.15) is 0 Å². The normalized spacial score (nSPS) is 14.4. The lowest BCUT2D eigenvalue weighted by Crippen LogP contribution is -2.39. The number of aryl methyl sites for hydroxylation is 1. The smallest absolute Gasteiger partial charge is 0.338 e. The molecule has 238 valence electrons. The number of aromatic nitrogens is 1. The average Bonchev–Trinajstić information content (AvgIpc) is 3.34. The van der Waals surface area contributed by atoms with Crippen LogP contribution in [0.3, 0.4) is 0 Å². The van der Waals surface area contributed by atoms with Crippen LogP contribution in [0.5, 0.6) is 11.5 Å². The van der Waals surface area contributed by atoms with Gasteiger partial charge in [-0.3, -0.25) is 9.36 Å². The van der Waals surface area contributed by atoms with E-state index in [1.54, 1.807) is 68.9 Å². The van der Waals surface area contributed by atoms with Crippen molar-refractivity contribution in [3.63, 3.8) is 0 Å². The number of hydrogen-bond acceptors (Lipinski definition) is 9. The number of nitrogens with zero attached hydrogens (tertiary/aromatic N) is 2. The van der Waals surface area contributed by atoms with E-state index in [1.807, 2.05) is 37.3 Å². The molecule has 3 aromatic carbocycles. The zero-order valence-electron chi connectivity index (χ0n) is 26.1. The summed E-state index contributed by atoms with van der Waals surface area (Å²) in [5.74, 6) is 0.00722. The van der Waals surface area contributed by atoms with Gasteiger partial charge >= 0.3 is 11.9 Å². The van der Waals surface area contributed by atoms with Crippen LogP contribution in [0.25, 0.3) is 6.08 Å². The van der Waals surface area contributed by atoms with Gasteiger partial charge in [0.15, 0.2) is 16.3 Å². The fourth-order valence-electron chi connectivity index (χ4n) is 5.11. The van der Waals surface area contributed by atoms with Crippen molar-refractivity contribution in [3.8, 4) is 11.5 Å². The summed E-state index contributed by atoms with van der Waals surface area (Å²) in [5, 5.41) is 0. The van der Waals surface area contributed by atoms with E-state index < -0.39 is 12.0 Å². The highest BCUT2D eigenvalue weighted by atomic mass is 79.9. The first-order chi connectivity index (χ1) is 22.1. The van der Waals surface area contributed by atoms with Gasteiger partial charge < -0.3 is 18.9 Å². The van der Waals surface area contributed by atoms with Gasteiger partial charge in [-0.05, 0) is 69.2 Å². The van der Waals surface area contributed by atoms with Crippen molar-refractivity contribution in [1.29, 1.82) is 0 Å². The molecule has 0 unspecified atom stereocenters. The first-order valence-electron chi connectivity index (χ1n) is 14.7. The molecule has 0 radical (unpaired) electrons. The van der Waals surface area contributed by atoms with Crippen molar-refractivity contribution in [2.24, 2.45) is 4.99 Å². The quantitative estimate of drug-likeness (QED) is 0.197. The molecule has 0 aliphatic carbocycles. The van der Waals surface area contributed by atoms with E-state index in [0.717, 1.165) is 21.2 Å². The van der Waals surface area contributed by atoms with E-state index in [9.17, 15) is 14.4 Å². The fraction of sp³-hybridized carbons (Fsp3) is 0.257. The zero-order chi connectivity index (χ0) is 33.0. The number of allylic oxidation sites excluding steroid dienone is 1. The number of methoxy groups -OCH3 is 1. The number of fused-ring (bicyclic) bond motifs is 1. The molecule has 1 aliphatic rings. The van der Waals surface area contributed by atoms with Gasteiger partial charge in [0.25, 0.3) is 5.56 Å². The second-order valence-electron chi connectivity index (χ2n) is 10.4. The summed E-state index contributed by atoms with van der Waals surface area (Å²) in [7, 11) is 1.54. The van der Waals surface area contributed by atoms with Crippen LogP contribution in [0.15, 0.2) is 86.2 Å². The average molecular weight is 706 g/mol. The summed E-state index contributed by atoms with van der Waals surface area (Å²) in [6.45, 7) is 7.92. The topological polar surface area (TPSA) is 105 Å². The summed E-state index contributed by atoms with van der Waals surface area (Å²) in [5.41, 5.74) is 4.23. The van der Waals surface area contributed by atoms with Crippen molar-refractivity contribution in [3.05, 3.63) is 124 Å². The van der Waals surface area contributed by atoms with Crippen LogP contribution in [0, 0.1) is 6.92 Å². The molecule has 9 nitrogen and oxygen atoms in total. The maximum absolute atomic E-state index is 14.2. The third kappa shape index (κ3) is 6.85. The highest BCUT2D eigenvalue weighted by Crippen LogP contribution is 2.36. The number of halogens is 1. The van der Waals surface area contributed by atoms with Crippen LogP contribution in [0.4, 0.5) is 0 Å². The van der Waals surface area contributed by atoms with Gasteiger partial charge in [0.2, 0.25) is 0 Å². The summed E-state index contributed by atoms with van der Waals surface area (Å²) < 4.78 is 25.1. The number of hydrogen-bond donors (Lipinski definition) is 0. The Morgan fingerprint density at radius 3 is 2.30 bits per heavy atom. The molecule has 11 heteroatoms. The number of thiazole rings is 1. The molecule has 46 heavy (non-hydrogen) atoms. The number of ether oxygens (including phenoxy) is 4. The van der Waals surface area contributed by atoms with Crippen LogP contribution < -0.4 is 24.4 Å². The van der Waals surface area contributed by atoms with Gasteiger partial charge in [-0.25, -0.2) is 14.6 Å². The number of rotatable bonds is 10. The van der Waals surface area contributed by atoms with Gasteiger partial charge in [-0.1, -0.05) is 69.2 Å². The monoisotopic (exact) mass is 704 g/mol. The number of benzene rings is 3. The fourth-order valence-corrected chi connectivity index (χ4v) is 6.60. The highest BCUT2D eigenvalue weighted by Gasteiger charge is 2.33. The van der Waals surface area contributed by atoms with Crippen LogP contribution in [-0.2, 0) is 20.9 Å². The Bertz CT molecular complexity index is 1990. The van der Waals surface area contributed by atoms with Crippen molar-refractivity contribution < 1.29 is 28.5 Å². The molecule has 0 bridgehead atoms. The van der Waals surface area contributed by atoms with Crippen LogP contribution in [-0.4, -0.2) is 36.8 Å². The minimum absolute atomic E-state index is 0.179. The minimum atomic E-state index is -0.705. The second-order valence-corrected chi connectivity index (χ2v) is 12.4. The van der Waals surface area contributed by atoms with Crippen LogP contribution in [0.1, 0.15) is 59.4 Å². The molecule has 0 saturated carbocycles. The Hall–Kier alpha value is -4.48. The number of carbonyl (C=O) groups excluding carboxylic acids is 2. The molecule has 1 atom stereocenters. The first kappa shape index (κ1) is 32.9. The molecule has 5 rings (SSSR count). The zero-order valence-corrected chi connectivity index (χ0v) is 28.5. The molecule has 2 heterocycles. The van der Waals surface area contributed by atoms with Crippen molar-refractivity contribution in [1.82, 2.24) is 4.57 Å². The molecule has 0 N–H and O–H groups in total. The third-order valence-corrected chi connectivity index (χ3v) is 8.75. The van der Waals surface area contributed by atoms with Crippen LogP contribution in [0.2, 0.25) is 0 Å². The van der Waals surface area contributed by atoms with E-state index in [1.165, 1.54) is 11.3 Å². The Labute approximate surface area is 278 Å². The SMILES string of the molecule is CCOC(=O)C1=C(C)N=c2s/c(=C\c3cc(Br)cc(OC)c3OCc3ccc(C(=O)OCC)cc3)c(=O)n2[C@H]1c1ccc(C)cc1. The van der Waals surface area contributed by atoms with E-state index in [2.05, 4.69) is 20.9 Å². The van der Waals surface area contributed by atoms with E-state index in [0.29, 0.717) is 49.8 Å². The van der Waals surface area contributed by atoms with Crippen molar-refractivity contribution in [2.75, 3.05) is 20.3 Å². The second kappa shape index (κ2) is 14.3. The molecule has 0 spiro atoms. The standard InChI is InChI=1S/C35H33BrN2O7S/c1-6-43-33(40)24-14-10-22(11-15-24)19-45-31-25(16-26(36)18-27(31)42-5)17-28-32(39)38-30(23-12-8-20(3)9-13-23)29(34(41)44-7-2)21(4)37-35(38)46-28/h8-18,30H,6-7,19H2,1-5H3/b28-17-/t30-/m0/s1. The predicted octanol–water partition coefficient (Wildman–Crippen LogP) is 5.63. The Morgan fingerprint density at radius 1 is 0.978 bits per heavy atom. The number of esters is 2. The molecular weight excluding hydrogens is 672 g/mol. The lowest BCUT2D eigenvalue weighted by atomic mass is 9.95. The van der Waals surface area contributed by atoms with E-state index >= 15 is 0 Å². The maximum atomic E-state index is 14.2. The van der Waals surface area contributed by atoms with Gasteiger partial charge in [0.1, 0.15) is 6.61 Å².